The van der Waals surface area contributed by atoms with E-state index in [-0.39, 0.29) is 24.0 Å². The number of carboxylic acids is 1. The number of aliphatic carboxylic acids is 1. The van der Waals surface area contributed by atoms with Crippen LogP contribution in [-0.2, 0) is 16.1 Å². The number of ether oxygens (including phenoxy) is 1. The van der Waals surface area contributed by atoms with Crippen LogP contribution in [0.15, 0.2) is 18.2 Å². The molecule has 0 aromatic heterocycles. The lowest BCUT2D eigenvalue weighted by Gasteiger charge is -2.11. The number of rotatable bonds is 7. The maximum Gasteiger partial charge on any atom is 0.313 e. The maximum atomic E-state index is 11.5. The molecule has 2 N–H and O–H groups in total. The lowest BCUT2D eigenvalue weighted by Crippen LogP contribution is -2.25. The first kappa shape index (κ1) is 15.7. The van der Waals surface area contributed by atoms with E-state index in [9.17, 15) is 9.59 Å². The Kier molecular flexibility index (Phi) is 6.52. The molecule has 19 heavy (non-hydrogen) atoms. The van der Waals surface area contributed by atoms with Crippen molar-refractivity contribution in [1.29, 1.82) is 0 Å². The van der Waals surface area contributed by atoms with Crippen molar-refractivity contribution in [3.05, 3.63) is 28.8 Å². The van der Waals surface area contributed by atoms with E-state index >= 15 is 0 Å². The van der Waals surface area contributed by atoms with E-state index in [1.54, 1.807) is 18.2 Å². The third-order valence-electron chi connectivity index (χ3n) is 2.22. The van der Waals surface area contributed by atoms with E-state index in [0.717, 1.165) is 11.8 Å². The fraction of sp³-hybridized carbons (Fsp3) is 0.333. The quantitative estimate of drug-likeness (QED) is 0.803. The Morgan fingerprint density at radius 3 is 2.79 bits per heavy atom. The highest BCUT2D eigenvalue weighted by Crippen LogP contribution is 2.25. The van der Waals surface area contributed by atoms with Gasteiger partial charge in [0.15, 0.2) is 0 Å². The Morgan fingerprint density at radius 2 is 2.16 bits per heavy atom. The molecular formula is C12H14ClNO4S. The number of benzene rings is 1. The molecule has 1 amide bonds. The van der Waals surface area contributed by atoms with Gasteiger partial charge in [0.1, 0.15) is 5.75 Å². The number of nitrogens with one attached hydrogen (secondary N) is 1. The summed E-state index contributed by atoms with van der Waals surface area (Å²) in [6.45, 7) is 0.245. The Balaban J connectivity index is 2.48. The highest BCUT2D eigenvalue weighted by Gasteiger charge is 2.09. The van der Waals surface area contributed by atoms with Gasteiger partial charge in [-0.3, -0.25) is 9.59 Å². The van der Waals surface area contributed by atoms with Crippen LogP contribution in [0.1, 0.15) is 5.56 Å². The van der Waals surface area contributed by atoms with Crippen molar-refractivity contribution in [1.82, 2.24) is 5.32 Å². The molecule has 0 saturated heterocycles. The number of carbonyl (C=O) groups is 2. The van der Waals surface area contributed by atoms with E-state index in [1.807, 2.05) is 0 Å². The number of carboxylic acid groups (broad SMARTS) is 1. The molecule has 5 nitrogen and oxygen atoms in total. The Morgan fingerprint density at radius 1 is 1.42 bits per heavy atom. The SMILES string of the molecule is COc1cccc(Cl)c1CNC(=O)CSCC(=O)O. The number of hydrogen-bond donors (Lipinski definition) is 2. The summed E-state index contributed by atoms with van der Waals surface area (Å²) in [6, 6.07) is 5.23. The minimum atomic E-state index is -0.939. The average Bonchev–Trinajstić information content (AvgIpc) is 2.36. The van der Waals surface area contributed by atoms with Gasteiger partial charge in [0.25, 0.3) is 0 Å². The highest BCUT2D eigenvalue weighted by molar-refractivity contribution is 8.00. The third kappa shape index (κ3) is 5.40. The molecular weight excluding hydrogens is 290 g/mol. The first-order valence-corrected chi connectivity index (χ1v) is 6.95. The molecule has 0 bridgehead atoms. The van der Waals surface area contributed by atoms with Crippen LogP contribution in [0.25, 0.3) is 0 Å². The second-order valence-electron chi connectivity index (χ2n) is 3.58. The van der Waals surface area contributed by atoms with E-state index in [1.165, 1.54) is 7.11 Å². The summed E-state index contributed by atoms with van der Waals surface area (Å²) in [6.07, 6.45) is 0. The Bertz CT molecular complexity index is 467. The zero-order valence-electron chi connectivity index (χ0n) is 10.3. The minimum absolute atomic E-state index is 0.0944. The summed E-state index contributed by atoms with van der Waals surface area (Å²) in [5.74, 6) is -0.577. The van der Waals surface area contributed by atoms with Crippen LogP contribution in [0.5, 0.6) is 5.75 Å². The first-order chi connectivity index (χ1) is 9.04. The standard InChI is InChI=1S/C12H14ClNO4S/c1-18-10-4-2-3-9(13)8(10)5-14-11(15)6-19-7-12(16)17/h2-4H,5-7H2,1H3,(H,14,15)(H,16,17). The lowest BCUT2D eigenvalue weighted by molar-refractivity contribution is -0.133. The molecule has 0 aliphatic heterocycles. The van der Waals surface area contributed by atoms with Gasteiger partial charge in [0.05, 0.1) is 18.6 Å². The third-order valence-corrected chi connectivity index (χ3v) is 3.49. The van der Waals surface area contributed by atoms with Gasteiger partial charge in [0.2, 0.25) is 5.91 Å². The molecule has 0 atom stereocenters. The number of methoxy groups -OCH3 is 1. The zero-order valence-corrected chi connectivity index (χ0v) is 11.9. The van der Waals surface area contributed by atoms with Gasteiger partial charge in [0, 0.05) is 17.1 Å². The van der Waals surface area contributed by atoms with Crippen molar-refractivity contribution in [2.45, 2.75) is 6.54 Å². The van der Waals surface area contributed by atoms with Crippen LogP contribution >= 0.6 is 23.4 Å². The molecule has 0 radical (unpaired) electrons. The van der Waals surface area contributed by atoms with Crippen molar-refractivity contribution in [2.24, 2.45) is 0 Å². The highest BCUT2D eigenvalue weighted by atomic mass is 35.5. The largest absolute Gasteiger partial charge is 0.496 e. The van der Waals surface area contributed by atoms with Crippen LogP contribution in [0.4, 0.5) is 0 Å². The normalized spacial score (nSPS) is 10.0. The topological polar surface area (TPSA) is 75.6 Å². The molecule has 0 saturated carbocycles. The molecule has 1 aromatic rings. The van der Waals surface area contributed by atoms with Gasteiger partial charge < -0.3 is 15.2 Å². The van der Waals surface area contributed by atoms with E-state index in [4.69, 9.17) is 21.4 Å². The van der Waals surface area contributed by atoms with Crippen LogP contribution in [0.3, 0.4) is 0 Å². The van der Waals surface area contributed by atoms with Gasteiger partial charge in [-0.15, -0.1) is 11.8 Å². The van der Waals surface area contributed by atoms with Crippen LogP contribution in [0, 0.1) is 0 Å². The molecule has 1 aromatic carbocycles. The smallest absolute Gasteiger partial charge is 0.313 e. The van der Waals surface area contributed by atoms with Crippen molar-refractivity contribution in [2.75, 3.05) is 18.6 Å². The Labute approximate surface area is 120 Å². The molecule has 0 spiro atoms. The zero-order chi connectivity index (χ0) is 14.3. The predicted molar refractivity (Wildman–Crippen MR) is 74.8 cm³/mol. The van der Waals surface area contributed by atoms with Crippen molar-refractivity contribution in [3.8, 4) is 5.75 Å². The summed E-state index contributed by atoms with van der Waals surface area (Å²) in [7, 11) is 1.53. The van der Waals surface area contributed by atoms with Gasteiger partial charge >= 0.3 is 5.97 Å². The fourth-order valence-electron chi connectivity index (χ4n) is 1.37. The molecule has 0 unspecified atom stereocenters. The van der Waals surface area contributed by atoms with Crippen molar-refractivity contribution in [3.63, 3.8) is 0 Å². The van der Waals surface area contributed by atoms with Crippen molar-refractivity contribution < 1.29 is 19.4 Å². The van der Waals surface area contributed by atoms with Gasteiger partial charge in [-0.05, 0) is 12.1 Å². The van der Waals surface area contributed by atoms with E-state index in [2.05, 4.69) is 5.32 Å². The predicted octanol–water partition coefficient (Wildman–Crippen LogP) is 1.78. The van der Waals surface area contributed by atoms with E-state index in [0.29, 0.717) is 16.3 Å². The van der Waals surface area contributed by atoms with Crippen molar-refractivity contribution >= 4 is 35.2 Å². The van der Waals surface area contributed by atoms with Gasteiger partial charge in [-0.2, -0.15) is 0 Å². The number of hydrogen-bond acceptors (Lipinski definition) is 4. The average molecular weight is 304 g/mol. The molecule has 0 heterocycles. The molecule has 0 aliphatic carbocycles. The number of amides is 1. The maximum absolute atomic E-state index is 11.5. The summed E-state index contributed by atoms with van der Waals surface area (Å²) in [5.41, 5.74) is 0.697. The summed E-state index contributed by atoms with van der Waals surface area (Å²) >= 11 is 7.07. The van der Waals surface area contributed by atoms with E-state index < -0.39 is 5.97 Å². The summed E-state index contributed by atoms with van der Waals surface area (Å²) < 4.78 is 5.15. The summed E-state index contributed by atoms with van der Waals surface area (Å²) in [5, 5.41) is 11.6. The number of carbonyl (C=O) groups excluding carboxylic acids is 1. The monoisotopic (exact) mass is 303 g/mol. The lowest BCUT2D eigenvalue weighted by atomic mass is 10.2. The molecule has 7 heteroatoms. The molecule has 104 valence electrons. The number of halogens is 1. The van der Waals surface area contributed by atoms with Crippen LogP contribution in [-0.4, -0.2) is 35.6 Å². The first-order valence-electron chi connectivity index (χ1n) is 5.42. The van der Waals surface area contributed by atoms with Gasteiger partial charge in [-0.1, -0.05) is 17.7 Å². The molecule has 0 fully saturated rings. The summed E-state index contributed by atoms with van der Waals surface area (Å²) in [4.78, 5) is 21.8. The second kappa shape index (κ2) is 7.91. The van der Waals surface area contributed by atoms with Crippen LogP contribution in [0.2, 0.25) is 5.02 Å². The Hall–Kier alpha value is -1.40. The van der Waals surface area contributed by atoms with Gasteiger partial charge in [-0.25, -0.2) is 0 Å². The second-order valence-corrected chi connectivity index (χ2v) is 4.98. The minimum Gasteiger partial charge on any atom is -0.496 e. The molecule has 0 aliphatic rings. The fourth-order valence-corrected chi connectivity index (χ4v) is 2.17. The number of thioether (sulfide) groups is 1. The molecule has 1 rings (SSSR count). The van der Waals surface area contributed by atoms with Crippen LogP contribution < -0.4 is 10.1 Å².